The minimum Gasteiger partial charge on any atom is -0.399 e. The summed E-state index contributed by atoms with van der Waals surface area (Å²) >= 11 is 0. The van der Waals surface area contributed by atoms with Crippen LogP contribution in [-0.4, -0.2) is 23.4 Å². The molecule has 4 heteroatoms. The van der Waals surface area contributed by atoms with Gasteiger partial charge in [-0.15, -0.1) is 12.4 Å². The number of likely N-dealkylation sites (tertiary alicyclic amines) is 1. The van der Waals surface area contributed by atoms with E-state index in [0.29, 0.717) is 18.4 Å². The van der Waals surface area contributed by atoms with Crippen LogP contribution in [-0.2, 0) is 11.2 Å². The highest BCUT2D eigenvalue weighted by Crippen LogP contribution is 2.26. The molecule has 0 radical (unpaired) electrons. The number of nitrogen functional groups attached to an aromatic ring is 1. The van der Waals surface area contributed by atoms with E-state index in [1.54, 1.807) is 0 Å². The molecule has 1 heterocycles. The lowest BCUT2D eigenvalue weighted by Crippen LogP contribution is -2.35. The zero-order valence-electron chi connectivity index (χ0n) is 12.3. The van der Waals surface area contributed by atoms with Crippen LogP contribution in [0.5, 0.6) is 0 Å². The second-order valence-corrected chi connectivity index (χ2v) is 5.65. The number of benzene rings is 1. The molecule has 2 atom stereocenters. The minimum atomic E-state index is 0. The first-order chi connectivity index (χ1) is 9.11. The molecule has 3 nitrogen and oxygen atoms in total. The number of aryl methyl sites for hydroxylation is 1. The molecule has 1 amide bonds. The molecule has 1 fully saturated rings. The Hall–Kier alpha value is -1.22. The molecule has 1 aromatic carbocycles. The Bertz CT molecular complexity index is 450. The Morgan fingerprint density at radius 1 is 1.40 bits per heavy atom. The van der Waals surface area contributed by atoms with E-state index in [9.17, 15) is 4.79 Å². The molecule has 1 aliphatic rings. The van der Waals surface area contributed by atoms with Gasteiger partial charge in [-0.25, -0.2) is 0 Å². The summed E-state index contributed by atoms with van der Waals surface area (Å²) in [7, 11) is 0. The molecular formula is C16H25ClN2O. The third kappa shape index (κ3) is 3.89. The smallest absolute Gasteiger partial charge is 0.223 e. The molecule has 2 unspecified atom stereocenters. The highest BCUT2D eigenvalue weighted by Gasteiger charge is 2.31. The Labute approximate surface area is 127 Å². The van der Waals surface area contributed by atoms with Gasteiger partial charge in [0.05, 0.1) is 0 Å². The van der Waals surface area contributed by atoms with Crippen LogP contribution in [0.2, 0.25) is 0 Å². The number of rotatable bonds is 4. The summed E-state index contributed by atoms with van der Waals surface area (Å²) in [5.74, 6) is 0.912. The number of para-hydroxylation sites is 1. The van der Waals surface area contributed by atoms with E-state index in [0.717, 1.165) is 37.1 Å². The van der Waals surface area contributed by atoms with E-state index in [1.807, 2.05) is 24.3 Å². The fourth-order valence-electron chi connectivity index (χ4n) is 2.99. The second kappa shape index (κ2) is 7.53. The number of anilines is 1. The highest BCUT2D eigenvalue weighted by molar-refractivity contribution is 5.85. The fourth-order valence-corrected chi connectivity index (χ4v) is 2.99. The van der Waals surface area contributed by atoms with E-state index < -0.39 is 0 Å². The van der Waals surface area contributed by atoms with Gasteiger partial charge in [-0.3, -0.25) is 4.79 Å². The number of nitrogens with two attached hydrogens (primary N) is 1. The van der Waals surface area contributed by atoms with Crippen molar-refractivity contribution in [3.05, 3.63) is 29.8 Å². The Kier molecular flexibility index (Phi) is 6.34. The molecule has 1 aromatic rings. The summed E-state index contributed by atoms with van der Waals surface area (Å²) in [5.41, 5.74) is 7.78. The van der Waals surface area contributed by atoms with Gasteiger partial charge in [-0.05, 0) is 36.8 Å². The van der Waals surface area contributed by atoms with Crippen molar-refractivity contribution < 1.29 is 4.79 Å². The van der Waals surface area contributed by atoms with Gasteiger partial charge in [-0.2, -0.15) is 0 Å². The lowest BCUT2D eigenvalue weighted by molar-refractivity contribution is -0.132. The Morgan fingerprint density at radius 2 is 2.10 bits per heavy atom. The predicted molar refractivity (Wildman–Crippen MR) is 86.0 cm³/mol. The maximum atomic E-state index is 12.3. The number of halogens is 1. The SMILES string of the molecule is CCC1CC(C)CN1C(=O)CCc1ccccc1N.Cl. The molecule has 1 aliphatic heterocycles. The van der Waals surface area contributed by atoms with E-state index >= 15 is 0 Å². The first-order valence-corrected chi connectivity index (χ1v) is 7.24. The number of nitrogens with zero attached hydrogens (tertiary/aromatic N) is 1. The summed E-state index contributed by atoms with van der Waals surface area (Å²) in [6.45, 7) is 5.31. The normalized spacial score (nSPS) is 21.6. The van der Waals surface area contributed by atoms with Crippen molar-refractivity contribution in [2.75, 3.05) is 12.3 Å². The van der Waals surface area contributed by atoms with Gasteiger partial charge in [0.15, 0.2) is 0 Å². The van der Waals surface area contributed by atoms with Crippen LogP contribution in [0.15, 0.2) is 24.3 Å². The maximum absolute atomic E-state index is 12.3. The topological polar surface area (TPSA) is 46.3 Å². The van der Waals surface area contributed by atoms with Gasteiger partial charge < -0.3 is 10.6 Å². The van der Waals surface area contributed by atoms with Gasteiger partial charge in [0, 0.05) is 24.7 Å². The molecule has 0 spiro atoms. The van der Waals surface area contributed by atoms with Crippen LogP contribution in [0.25, 0.3) is 0 Å². The van der Waals surface area contributed by atoms with E-state index in [4.69, 9.17) is 5.73 Å². The van der Waals surface area contributed by atoms with Crippen molar-refractivity contribution in [3.63, 3.8) is 0 Å². The largest absolute Gasteiger partial charge is 0.399 e. The van der Waals surface area contributed by atoms with Gasteiger partial charge in [-0.1, -0.05) is 32.0 Å². The van der Waals surface area contributed by atoms with Gasteiger partial charge >= 0.3 is 0 Å². The number of amides is 1. The number of hydrogen-bond donors (Lipinski definition) is 1. The lowest BCUT2D eigenvalue weighted by atomic mass is 10.1. The van der Waals surface area contributed by atoms with Crippen molar-refractivity contribution >= 4 is 24.0 Å². The van der Waals surface area contributed by atoms with Crippen molar-refractivity contribution in [1.82, 2.24) is 4.90 Å². The Morgan fingerprint density at radius 3 is 2.75 bits per heavy atom. The fraction of sp³-hybridized carbons (Fsp3) is 0.562. The summed E-state index contributed by atoms with van der Waals surface area (Å²) in [5, 5.41) is 0. The first kappa shape index (κ1) is 16.8. The third-order valence-electron chi connectivity index (χ3n) is 4.08. The molecule has 112 valence electrons. The first-order valence-electron chi connectivity index (χ1n) is 7.24. The predicted octanol–water partition coefficient (Wildman–Crippen LogP) is 3.27. The molecule has 20 heavy (non-hydrogen) atoms. The van der Waals surface area contributed by atoms with Gasteiger partial charge in [0.2, 0.25) is 5.91 Å². The van der Waals surface area contributed by atoms with Crippen LogP contribution < -0.4 is 5.73 Å². The van der Waals surface area contributed by atoms with Crippen LogP contribution in [0.3, 0.4) is 0 Å². The quantitative estimate of drug-likeness (QED) is 0.867. The molecule has 2 N–H and O–H groups in total. The summed E-state index contributed by atoms with van der Waals surface area (Å²) in [6, 6.07) is 8.24. The molecule has 0 aliphatic carbocycles. The van der Waals surface area contributed by atoms with Crippen molar-refractivity contribution in [2.45, 2.75) is 45.6 Å². The molecule has 0 saturated carbocycles. The number of hydrogen-bond acceptors (Lipinski definition) is 2. The Balaban J connectivity index is 0.00000200. The molecule has 0 bridgehead atoms. The second-order valence-electron chi connectivity index (χ2n) is 5.65. The summed E-state index contributed by atoms with van der Waals surface area (Å²) in [4.78, 5) is 14.4. The molecular weight excluding hydrogens is 272 g/mol. The third-order valence-corrected chi connectivity index (χ3v) is 4.08. The van der Waals surface area contributed by atoms with Crippen molar-refractivity contribution in [3.8, 4) is 0 Å². The van der Waals surface area contributed by atoms with Crippen LogP contribution in [0, 0.1) is 5.92 Å². The van der Waals surface area contributed by atoms with Crippen molar-refractivity contribution in [2.24, 2.45) is 5.92 Å². The summed E-state index contributed by atoms with van der Waals surface area (Å²) in [6.07, 6.45) is 3.52. The minimum absolute atomic E-state index is 0. The average molecular weight is 297 g/mol. The van der Waals surface area contributed by atoms with Crippen LogP contribution in [0.4, 0.5) is 5.69 Å². The lowest BCUT2D eigenvalue weighted by Gasteiger charge is -2.23. The zero-order valence-corrected chi connectivity index (χ0v) is 13.2. The molecule has 2 rings (SSSR count). The van der Waals surface area contributed by atoms with E-state index in [-0.39, 0.29) is 18.3 Å². The van der Waals surface area contributed by atoms with Crippen LogP contribution >= 0.6 is 12.4 Å². The van der Waals surface area contributed by atoms with Gasteiger partial charge in [0.1, 0.15) is 0 Å². The zero-order chi connectivity index (χ0) is 13.8. The number of carbonyl (C=O) groups excluding carboxylic acids is 1. The molecule has 0 aromatic heterocycles. The number of carbonyl (C=O) groups is 1. The van der Waals surface area contributed by atoms with Crippen molar-refractivity contribution in [1.29, 1.82) is 0 Å². The van der Waals surface area contributed by atoms with Gasteiger partial charge in [0.25, 0.3) is 0 Å². The average Bonchev–Trinajstić information content (AvgIpc) is 2.79. The highest BCUT2D eigenvalue weighted by atomic mass is 35.5. The monoisotopic (exact) mass is 296 g/mol. The maximum Gasteiger partial charge on any atom is 0.223 e. The van der Waals surface area contributed by atoms with E-state index in [2.05, 4.69) is 18.7 Å². The van der Waals surface area contributed by atoms with E-state index in [1.165, 1.54) is 0 Å². The summed E-state index contributed by atoms with van der Waals surface area (Å²) < 4.78 is 0. The standard InChI is InChI=1S/C16H24N2O.ClH/c1-3-14-10-12(2)11-18(14)16(19)9-8-13-6-4-5-7-15(13)17;/h4-7,12,14H,3,8-11,17H2,1-2H3;1H. The molecule has 1 saturated heterocycles. The van der Waals surface area contributed by atoms with Crippen LogP contribution in [0.1, 0.15) is 38.7 Å².